The Labute approximate surface area is 102 Å². The van der Waals surface area contributed by atoms with Crippen molar-refractivity contribution < 1.29 is 4.39 Å². The van der Waals surface area contributed by atoms with Gasteiger partial charge in [-0.05, 0) is 55.5 Å². The van der Waals surface area contributed by atoms with Crippen molar-refractivity contribution in [2.45, 2.75) is 25.2 Å². The van der Waals surface area contributed by atoms with E-state index in [9.17, 15) is 4.39 Å². The van der Waals surface area contributed by atoms with Gasteiger partial charge < -0.3 is 10.2 Å². The lowest BCUT2D eigenvalue weighted by molar-refractivity contribution is 0.620. The summed E-state index contributed by atoms with van der Waals surface area (Å²) in [5.74, 6) is 0.385. The fourth-order valence-corrected chi connectivity index (χ4v) is 3.02. The molecule has 3 heteroatoms. The Morgan fingerprint density at radius 1 is 1.24 bits per heavy atom. The van der Waals surface area contributed by atoms with E-state index >= 15 is 0 Å². The Balaban J connectivity index is 1.94. The first-order chi connectivity index (χ1) is 8.34. The number of hydrogen-bond donors (Lipinski definition) is 1. The molecule has 0 spiro atoms. The lowest BCUT2D eigenvalue weighted by atomic mass is 9.96. The molecule has 1 N–H and O–H groups in total. The highest BCUT2D eigenvalue weighted by molar-refractivity contribution is 5.56. The van der Waals surface area contributed by atoms with Gasteiger partial charge in [0.05, 0.1) is 0 Å². The quantitative estimate of drug-likeness (QED) is 0.846. The molecule has 0 aliphatic carbocycles. The van der Waals surface area contributed by atoms with Gasteiger partial charge in [0, 0.05) is 25.3 Å². The van der Waals surface area contributed by atoms with Crippen LogP contribution in [0.5, 0.6) is 0 Å². The molecular weight excluding hydrogens is 215 g/mol. The van der Waals surface area contributed by atoms with E-state index in [1.807, 2.05) is 6.07 Å². The van der Waals surface area contributed by atoms with Crippen molar-refractivity contribution in [3.05, 3.63) is 29.6 Å². The largest absolute Gasteiger partial charge is 0.371 e. The third-order valence-electron chi connectivity index (χ3n) is 3.94. The summed E-state index contributed by atoms with van der Waals surface area (Å²) in [7, 11) is 0. The summed E-state index contributed by atoms with van der Waals surface area (Å²) in [6.45, 7) is 4.29. The first kappa shape index (κ1) is 11.0. The minimum absolute atomic E-state index is 0.102. The number of rotatable bonds is 2. The van der Waals surface area contributed by atoms with Gasteiger partial charge in [-0.1, -0.05) is 0 Å². The van der Waals surface area contributed by atoms with E-state index in [2.05, 4.69) is 10.2 Å². The van der Waals surface area contributed by atoms with Crippen molar-refractivity contribution in [2.75, 3.05) is 31.1 Å². The standard InChI is InChI=1S/C14H19FN2/c15-12-3-4-14(17-7-1-2-8-17)13(9-12)11-5-6-16-10-11/h3-4,9,11,16H,1-2,5-8,10H2. The van der Waals surface area contributed by atoms with E-state index in [-0.39, 0.29) is 5.82 Å². The molecule has 3 rings (SSSR count). The van der Waals surface area contributed by atoms with Crippen LogP contribution >= 0.6 is 0 Å². The molecule has 0 radical (unpaired) electrons. The Hall–Kier alpha value is -1.09. The topological polar surface area (TPSA) is 15.3 Å². The zero-order valence-corrected chi connectivity index (χ0v) is 10.1. The molecule has 17 heavy (non-hydrogen) atoms. The van der Waals surface area contributed by atoms with Gasteiger partial charge in [-0.3, -0.25) is 0 Å². The van der Waals surface area contributed by atoms with E-state index in [0.717, 1.165) is 32.6 Å². The van der Waals surface area contributed by atoms with Gasteiger partial charge in [0.25, 0.3) is 0 Å². The van der Waals surface area contributed by atoms with E-state index in [0.29, 0.717) is 5.92 Å². The molecule has 1 aromatic rings. The molecule has 2 aliphatic heterocycles. The monoisotopic (exact) mass is 234 g/mol. The molecule has 1 unspecified atom stereocenters. The van der Waals surface area contributed by atoms with Crippen LogP contribution in [-0.4, -0.2) is 26.2 Å². The number of hydrogen-bond acceptors (Lipinski definition) is 2. The fraction of sp³-hybridized carbons (Fsp3) is 0.571. The highest BCUT2D eigenvalue weighted by Crippen LogP contribution is 2.33. The van der Waals surface area contributed by atoms with Crippen molar-refractivity contribution in [1.82, 2.24) is 5.32 Å². The molecule has 2 aliphatic rings. The second-order valence-electron chi connectivity index (χ2n) is 5.09. The number of nitrogens with one attached hydrogen (secondary N) is 1. The summed E-state index contributed by atoms with van der Waals surface area (Å²) in [6, 6.07) is 5.30. The van der Waals surface area contributed by atoms with Crippen LogP contribution in [0.25, 0.3) is 0 Å². The summed E-state index contributed by atoms with van der Waals surface area (Å²) in [4.78, 5) is 2.41. The second kappa shape index (κ2) is 4.65. The smallest absolute Gasteiger partial charge is 0.123 e. The normalized spacial score (nSPS) is 24.5. The molecule has 2 fully saturated rings. The molecule has 0 saturated carbocycles. The Morgan fingerprint density at radius 3 is 2.76 bits per heavy atom. The highest BCUT2D eigenvalue weighted by Gasteiger charge is 2.23. The molecule has 1 aromatic carbocycles. The maximum Gasteiger partial charge on any atom is 0.123 e. The van der Waals surface area contributed by atoms with Crippen molar-refractivity contribution in [1.29, 1.82) is 0 Å². The molecule has 0 aromatic heterocycles. The van der Waals surface area contributed by atoms with Crippen molar-refractivity contribution in [3.63, 3.8) is 0 Å². The third-order valence-corrected chi connectivity index (χ3v) is 3.94. The zero-order valence-electron chi connectivity index (χ0n) is 10.1. The maximum atomic E-state index is 13.4. The Kier molecular flexibility index (Phi) is 3.02. The third kappa shape index (κ3) is 2.16. The second-order valence-corrected chi connectivity index (χ2v) is 5.09. The van der Waals surface area contributed by atoms with Gasteiger partial charge in [0.2, 0.25) is 0 Å². The molecule has 2 saturated heterocycles. The van der Waals surface area contributed by atoms with Crippen LogP contribution in [-0.2, 0) is 0 Å². The molecule has 92 valence electrons. The van der Waals surface area contributed by atoms with Crippen molar-refractivity contribution in [2.24, 2.45) is 0 Å². The minimum Gasteiger partial charge on any atom is -0.371 e. The van der Waals surface area contributed by atoms with Crippen LogP contribution < -0.4 is 10.2 Å². The predicted molar refractivity (Wildman–Crippen MR) is 68.1 cm³/mol. The maximum absolute atomic E-state index is 13.4. The van der Waals surface area contributed by atoms with Crippen LogP contribution in [0.2, 0.25) is 0 Å². The summed E-state index contributed by atoms with van der Waals surface area (Å²) in [6.07, 6.45) is 3.66. The lowest BCUT2D eigenvalue weighted by Gasteiger charge is -2.24. The summed E-state index contributed by atoms with van der Waals surface area (Å²) in [5.41, 5.74) is 2.47. The van der Waals surface area contributed by atoms with Gasteiger partial charge in [-0.25, -0.2) is 4.39 Å². The summed E-state index contributed by atoms with van der Waals surface area (Å²) in [5, 5.41) is 3.37. The first-order valence-electron chi connectivity index (χ1n) is 6.60. The molecule has 2 nitrogen and oxygen atoms in total. The number of anilines is 1. The average molecular weight is 234 g/mol. The fourth-order valence-electron chi connectivity index (χ4n) is 3.02. The number of nitrogens with zero attached hydrogens (tertiary/aromatic N) is 1. The van der Waals surface area contributed by atoms with Crippen LogP contribution in [0.4, 0.5) is 10.1 Å². The van der Waals surface area contributed by atoms with Gasteiger partial charge in [-0.2, -0.15) is 0 Å². The SMILES string of the molecule is Fc1ccc(N2CCCC2)c(C2CCNC2)c1. The van der Waals surface area contributed by atoms with E-state index in [1.165, 1.54) is 24.1 Å². The molecule has 0 amide bonds. The van der Waals surface area contributed by atoms with Crippen LogP contribution in [0, 0.1) is 5.82 Å². The Morgan fingerprint density at radius 2 is 2.06 bits per heavy atom. The molecular formula is C14H19FN2. The van der Waals surface area contributed by atoms with E-state index < -0.39 is 0 Å². The predicted octanol–water partition coefficient (Wildman–Crippen LogP) is 2.50. The van der Waals surface area contributed by atoms with Gasteiger partial charge in [-0.15, -0.1) is 0 Å². The minimum atomic E-state index is -0.102. The van der Waals surface area contributed by atoms with Gasteiger partial charge in [0.1, 0.15) is 5.82 Å². The Bertz CT molecular complexity index is 393. The van der Waals surface area contributed by atoms with Gasteiger partial charge in [0.15, 0.2) is 0 Å². The molecule has 1 atom stereocenters. The average Bonchev–Trinajstić information content (AvgIpc) is 3.02. The number of benzene rings is 1. The number of halogens is 1. The summed E-state index contributed by atoms with van der Waals surface area (Å²) < 4.78 is 13.4. The van der Waals surface area contributed by atoms with Crippen molar-refractivity contribution in [3.8, 4) is 0 Å². The first-order valence-corrected chi connectivity index (χ1v) is 6.60. The lowest BCUT2D eigenvalue weighted by Crippen LogP contribution is -2.21. The van der Waals surface area contributed by atoms with E-state index in [4.69, 9.17) is 0 Å². The van der Waals surface area contributed by atoms with Crippen LogP contribution in [0.3, 0.4) is 0 Å². The van der Waals surface area contributed by atoms with Gasteiger partial charge >= 0.3 is 0 Å². The van der Waals surface area contributed by atoms with Crippen LogP contribution in [0.15, 0.2) is 18.2 Å². The highest BCUT2D eigenvalue weighted by atomic mass is 19.1. The van der Waals surface area contributed by atoms with Crippen LogP contribution in [0.1, 0.15) is 30.7 Å². The summed E-state index contributed by atoms with van der Waals surface area (Å²) >= 11 is 0. The molecule has 0 bridgehead atoms. The zero-order chi connectivity index (χ0) is 11.7. The van der Waals surface area contributed by atoms with Crippen molar-refractivity contribution >= 4 is 5.69 Å². The van der Waals surface area contributed by atoms with E-state index in [1.54, 1.807) is 12.1 Å². The molecule has 2 heterocycles.